The first-order chi connectivity index (χ1) is 6.02. The first kappa shape index (κ1) is 9.79. The van der Waals surface area contributed by atoms with Crippen molar-refractivity contribution in [1.29, 1.82) is 0 Å². The Kier molecular flexibility index (Phi) is 2.72. The Balaban J connectivity index is 2.56. The van der Waals surface area contributed by atoms with Gasteiger partial charge in [0.15, 0.2) is 0 Å². The predicted molar refractivity (Wildman–Crippen MR) is 43.3 cm³/mol. The fourth-order valence-electron chi connectivity index (χ4n) is 1.46. The number of carboxylic acids is 1. The summed E-state index contributed by atoms with van der Waals surface area (Å²) < 4.78 is 0. The third-order valence-corrected chi connectivity index (χ3v) is 2.25. The van der Waals surface area contributed by atoms with Gasteiger partial charge in [-0.25, -0.2) is 4.79 Å². The van der Waals surface area contributed by atoms with Gasteiger partial charge in [0.1, 0.15) is 0 Å². The molecule has 6 nitrogen and oxygen atoms in total. The van der Waals surface area contributed by atoms with E-state index in [-0.39, 0.29) is 13.1 Å². The number of rotatable bonds is 1. The molecule has 1 fully saturated rings. The number of nitrogens with two attached hydrogens (primary N) is 1. The van der Waals surface area contributed by atoms with E-state index < -0.39 is 24.0 Å². The Morgan fingerprint density at radius 3 is 2.38 bits per heavy atom. The maximum atomic E-state index is 10.6. The molecule has 4 N–H and O–H groups in total. The van der Waals surface area contributed by atoms with Crippen molar-refractivity contribution < 1.29 is 19.8 Å². The van der Waals surface area contributed by atoms with Gasteiger partial charge in [-0.15, -0.1) is 0 Å². The van der Waals surface area contributed by atoms with Crippen molar-refractivity contribution in [2.45, 2.75) is 12.5 Å². The van der Waals surface area contributed by atoms with E-state index >= 15 is 0 Å². The van der Waals surface area contributed by atoms with Gasteiger partial charge in [-0.1, -0.05) is 0 Å². The highest BCUT2D eigenvalue weighted by Gasteiger charge is 2.33. The minimum atomic E-state index is -1.04. The maximum Gasteiger partial charge on any atom is 0.407 e. The first-order valence-corrected chi connectivity index (χ1v) is 3.98. The van der Waals surface area contributed by atoms with Gasteiger partial charge < -0.3 is 20.8 Å². The number of hydrogen-bond donors (Lipinski definition) is 3. The van der Waals surface area contributed by atoms with Crippen LogP contribution in [-0.4, -0.2) is 46.3 Å². The molecule has 13 heavy (non-hydrogen) atoms. The minimum Gasteiger partial charge on any atom is -0.481 e. The summed E-state index contributed by atoms with van der Waals surface area (Å²) in [5.74, 6) is -1.56. The van der Waals surface area contributed by atoms with Crippen LogP contribution in [0.1, 0.15) is 6.42 Å². The molecule has 0 radical (unpaired) electrons. The monoisotopic (exact) mass is 188 g/mol. The van der Waals surface area contributed by atoms with Crippen molar-refractivity contribution in [3.8, 4) is 0 Å². The van der Waals surface area contributed by atoms with Crippen LogP contribution in [0.2, 0.25) is 0 Å². The zero-order valence-corrected chi connectivity index (χ0v) is 7.01. The molecule has 0 bridgehead atoms. The zero-order chi connectivity index (χ0) is 10.0. The van der Waals surface area contributed by atoms with Gasteiger partial charge in [-0.2, -0.15) is 0 Å². The molecule has 0 aromatic heterocycles. The van der Waals surface area contributed by atoms with Gasteiger partial charge in [0.25, 0.3) is 0 Å². The number of hydrogen-bond acceptors (Lipinski definition) is 3. The van der Waals surface area contributed by atoms with E-state index in [1.54, 1.807) is 0 Å². The summed E-state index contributed by atoms with van der Waals surface area (Å²) in [6, 6.07) is -0.595. The molecule has 6 heteroatoms. The molecule has 1 rings (SSSR count). The predicted octanol–water partition coefficient (Wildman–Crippen LogP) is -0.602. The van der Waals surface area contributed by atoms with E-state index in [1.807, 2.05) is 0 Å². The largest absolute Gasteiger partial charge is 0.481 e. The second-order valence-corrected chi connectivity index (χ2v) is 3.13. The third kappa shape index (κ3) is 2.09. The molecule has 1 aliphatic rings. The molecule has 0 aliphatic carbocycles. The SMILES string of the molecule is N[C@H]1CN(C(=O)O)CC[C@@H]1C(=O)O. The number of carboxylic acid groups (broad SMARTS) is 2. The van der Waals surface area contributed by atoms with Crippen molar-refractivity contribution in [3.05, 3.63) is 0 Å². The van der Waals surface area contributed by atoms with E-state index in [2.05, 4.69) is 0 Å². The summed E-state index contributed by atoms with van der Waals surface area (Å²) >= 11 is 0. The summed E-state index contributed by atoms with van der Waals surface area (Å²) in [7, 11) is 0. The zero-order valence-electron chi connectivity index (χ0n) is 7.01. The molecule has 0 aromatic rings. The van der Waals surface area contributed by atoms with Crippen LogP contribution in [0.25, 0.3) is 0 Å². The lowest BCUT2D eigenvalue weighted by atomic mass is 9.93. The molecule has 1 aliphatic heterocycles. The summed E-state index contributed by atoms with van der Waals surface area (Å²) in [5, 5.41) is 17.3. The molecule has 0 unspecified atom stereocenters. The Morgan fingerprint density at radius 1 is 1.38 bits per heavy atom. The minimum absolute atomic E-state index is 0.103. The van der Waals surface area contributed by atoms with Crippen molar-refractivity contribution in [2.75, 3.05) is 13.1 Å². The lowest BCUT2D eigenvalue weighted by molar-refractivity contribution is -0.143. The topological polar surface area (TPSA) is 104 Å². The van der Waals surface area contributed by atoms with Crippen LogP contribution in [0.15, 0.2) is 0 Å². The highest BCUT2D eigenvalue weighted by molar-refractivity contribution is 5.72. The van der Waals surface area contributed by atoms with Crippen LogP contribution in [0, 0.1) is 5.92 Å². The van der Waals surface area contributed by atoms with Crippen LogP contribution in [0.5, 0.6) is 0 Å². The highest BCUT2D eigenvalue weighted by Crippen LogP contribution is 2.16. The lowest BCUT2D eigenvalue weighted by Crippen LogP contribution is -2.52. The van der Waals surface area contributed by atoms with Crippen LogP contribution in [0.3, 0.4) is 0 Å². The Morgan fingerprint density at radius 2 is 2.00 bits per heavy atom. The second-order valence-electron chi connectivity index (χ2n) is 3.13. The number of piperidine rings is 1. The summed E-state index contributed by atoms with van der Waals surface area (Å²) in [6.07, 6.45) is -0.748. The van der Waals surface area contributed by atoms with Crippen molar-refractivity contribution in [1.82, 2.24) is 4.90 Å². The maximum absolute atomic E-state index is 10.6. The van der Waals surface area contributed by atoms with Crippen LogP contribution < -0.4 is 5.73 Å². The standard InChI is InChI=1S/C7H12N2O4/c8-5-3-9(7(12)13)2-1-4(5)6(10)11/h4-5H,1-3,8H2,(H,10,11)(H,12,13)/t4-,5-/m0/s1. The van der Waals surface area contributed by atoms with Crippen LogP contribution in [-0.2, 0) is 4.79 Å². The van der Waals surface area contributed by atoms with E-state index in [4.69, 9.17) is 15.9 Å². The molecule has 1 heterocycles. The van der Waals surface area contributed by atoms with Gasteiger partial charge in [-0.3, -0.25) is 4.79 Å². The quantitative estimate of drug-likeness (QED) is 0.509. The van der Waals surface area contributed by atoms with Gasteiger partial charge >= 0.3 is 12.1 Å². The van der Waals surface area contributed by atoms with Gasteiger partial charge in [0, 0.05) is 19.1 Å². The summed E-state index contributed by atoms with van der Waals surface area (Å²) in [4.78, 5) is 22.2. The normalized spacial score (nSPS) is 28.5. The molecule has 74 valence electrons. The summed E-state index contributed by atoms with van der Waals surface area (Å²) in [5.41, 5.74) is 5.52. The lowest BCUT2D eigenvalue weighted by Gasteiger charge is -2.32. The van der Waals surface area contributed by atoms with E-state index in [0.29, 0.717) is 6.42 Å². The van der Waals surface area contributed by atoms with Gasteiger partial charge in [0.05, 0.1) is 5.92 Å². The number of likely N-dealkylation sites (tertiary alicyclic amines) is 1. The van der Waals surface area contributed by atoms with Crippen LogP contribution >= 0.6 is 0 Å². The molecule has 0 saturated carbocycles. The van der Waals surface area contributed by atoms with E-state index in [1.165, 1.54) is 0 Å². The average Bonchev–Trinajstić information content (AvgIpc) is 2.03. The van der Waals surface area contributed by atoms with E-state index in [0.717, 1.165) is 4.90 Å². The third-order valence-electron chi connectivity index (χ3n) is 2.25. The Labute approximate surface area is 74.9 Å². The number of carbonyl (C=O) groups is 2. The van der Waals surface area contributed by atoms with Gasteiger partial charge in [-0.05, 0) is 6.42 Å². The van der Waals surface area contributed by atoms with Crippen molar-refractivity contribution in [3.63, 3.8) is 0 Å². The number of nitrogens with zero attached hydrogens (tertiary/aromatic N) is 1. The molecule has 1 saturated heterocycles. The molecule has 0 aromatic carbocycles. The second kappa shape index (κ2) is 3.61. The molecule has 1 amide bonds. The molecule has 0 spiro atoms. The molecular formula is C7H12N2O4. The number of amides is 1. The average molecular weight is 188 g/mol. The smallest absolute Gasteiger partial charge is 0.407 e. The fraction of sp³-hybridized carbons (Fsp3) is 0.714. The van der Waals surface area contributed by atoms with Crippen molar-refractivity contribution >= 4 is 12.1 Å². The van der Waals surface area contributed by atoms with Crippen LogP contribution in [0.4, 0.5) is 4.79 Å². The highest BCUT2D eigenvalue weighted by atomic mass is 16.4. The Hall–Kier alpha value is -1.30. The molecule has 2 atom stereocenters. The first-order valence-electron chi connectivity index (χ1n) is 3.98. The Bertz CT molecular complexity index is 231. The number of aliphatic carboxylic acids is 1. The van der Waals surface area contributed by atoms with Gasteiger partial charge in [0.2, 0.25) is 0 Å². The van der Waals surface area contributed by atoms with Crippen molar-refractivity contribution in [2.24, 2.45) is 11.7 Å². The summed E-state index contributed by atoms with van der Waals surface area (Å²) in [6.45, 7) is 0.353. The fourth-order valence-corrected chi connectivity index (χ4v) is 1.46. The van der Waals surface area contributed by atoms with E-state index in [9.17, 15) is 9.59 Å². The molecular weight excluding hydrogens is 176 g/mol.